The molecule has 0 radical (unpaired) electrons. The van der Waals surface area contributed by atoms with Crippen molar-refractivity contribution in [1.29, 1.82) is 0 Å². The smallest absolute Gasteiger partial charge is 0.308 e. The lowest BCUT2D eigenvalue weighted by Crippen LogP contribution is -2.39. The summed E-state index contributed by atoms with van der Waals surface area (Å²) in [5, 5.41) is 9.11. The molecule has 6 heteroatoms. The lowest BCUT2D eigenvalue weighted by Gasteiger charge is -2.22. The fraction of sp³-hybridized carbons (Fsp3) is 0.917. The summed E-state index contributed by atoms with van der Waals surface area (Å²) in [5.41, 5.74) is 0. The van der Waals surface area contributed by atoms with E-state index in [0.717, 1.165) is 19.3 Å². The number of carbonyl (C=O) groups is 1. The minimum absolute atomic E-state index is 0.0669. The molecule has 0 amide bonds. The first-order valence-electron chi connectivity index (χ1n) is 6.71. The van der Waals surface area contributed by atoms with E-state index in [1.54, 1.807) is 0 Å². The molecule has 3 atom stereocenters. The van der Waals surface area contributed by atoms with Crippen molar-refractivity contribution in [3.8, 4) is 0 Å². The van der Waals surface area contributed by atoms with Crippen molar-refractivity contribution < 1.29 is 18.3 Å². The van der Waals surface area contributed by atoms with Crippen molar-refractivity contribution in [2.45, 2.75) is 57.5 Å². The molecule has 0 aliphatic carbocycles. The minimum atomic E-state index is -3.26. The highest BCUT2D eigenvalue weighted by Gasteiger charge is 2.53. The number of carboxylic acids is 1. The third-order valence-corrected chi connectivity index (χ3v) is 6.13. The van der Waals surface area contributed by atoms with Crippen LogP contribution in [0.4, 0.5) is 0 Å². The lowest BCUT2D eigenvalue weighted by atomic mass is 9.89. The van der Waals surface area contributed by atoms with Gasteiger partial charge in [-0.3, -0.25) is 4.79 Å². The van der Waals surface area contributed by atoms with Gasteiger partial charge in [-0.2, -0.15) is 4.31 Å². The second-order valence-electron chi connectivity index (χ2n) is 5.33. The summed E-state index contributed by atoms with van der Waals surface area (Å²) in [5.74, 6) is -1.18. The SMILES string of the molecule is CCCCCS(=O)(=O)N1C2CCC1C(C(=O)O)C2. The molecular weight excluding hydrogens is 254 g/mol. The predicted octanol–water partition coefficient (Wildman–Crippen LogP) is 1.44. The zero-order valence-corrected chi connectivity index (χ0v) is 11.5. The molecule has 2 aliphatic heterocycles. The van der Waals surface area contributed by atoms with E-state index in [2.05, 4.69) is 0 Å². The maximum absolute atomic E-state index is 12.3. The van der Waals surface area contributed by atoms with Gasteiger partial charge in [0, 0.05) is 12.1 Å². The topological polar surface area (TPSA) is 74.7 Å². The fourth-order valence-electron chi connectivity index (χ4n) is 3.28. The number of unbranched alkanes of at least 4 members (excludes halogenated alkanes) is 2. The first kappa shape index (κ1) is 13.8. The van der Waals surface area contributed by atoms with Gasteiger partial charge in [0.15, 0.2) is 0 Å². The van der Waals surface area contributed by atoms with Gasteiger partial charge in [-0.05, 0) is 25.7 Å². The number of hydrogen-bond acceptors (Lipinski definition) is 3. The Bertz CT molecular complexity index is 420. The molecule has 0 aromatic carbocycles. The van der Waals surface area contributed by atoms with Crippen LogP contribution >= 0.6 is 0 Å². The highest BCUT2D eigenvalue weighted by Crippen LogP contribution is 2.43. The third kappa shape index (κ3) is 2.40. The quantitative estimate of drug-likeness (QED) is 0.744. The molecule has 2 bridgehead atoms. The van der Waals surface area contributed by atoms with Crippen molar-refractivity contribution >= 4 is 16.0 Å². The number of aliphatic carboxylic acids is 1. The predicted molar refractivity (Wildman–Crippen MR) is 67.7 cm³/mol. The van der Waals surface area contributed by atoms with Crippen LogP contribution in [0, 0.1) is 5.92 Å². The summed E-state index contributed by atoms with van der Waals surface area (Å²) in [6, 6.07) is -0.359. The van der Waals surface area contributed by atoms with Crippen LogP contribution in [0.1, 0.15) is 45.4 Å². The van der Waals surface area contributed by atoms with Crippen LogP contribution < -0.4 is 0 Å². The molecule has 2 saturated heterocycles. The number of nitrogens with zero attached hydrogens (tertiary/aromatic N) is 1. The molecule has 104 valence electrons. The molecule has 1 N–H and O–H groups in total. The standard InChI is InChI=1S/C12H21NO4S/c1-2-3-4-7-18(16,17)13-9-5-6-11(13)10(8-9)12(14)15/h9-11H,2-8H2,1H3,(H,14,15). The summed E-state index contributed by atoms with van der Waals surface area (Å²) in [6.45, 7) is 2.03. The van der Waals surface area contributed by atoms with Gasteiger partial charge < -0.3 is 5.11 Å². The number of rotatable bonds is 6. The zero-order valence-electron chi connectivity index (χ0n) is 10.7. The van der Waals surface area contributed by atoms with Crippen molar-refractivity contribution in [3.05, 3.63) is 0 Å². The summed E-state index contributed by atoms with van der Waals surface area (Å²) in [7, 11) is -3.26. The van der Waals surface area contributed by atoms with Gasteiger partial charge in [-0.15, -0.1) is 0 Å². The lowest BCUT2D eigenvalue weighted by molar-refractivity contribution is -0.142. The van der Waals surface area contributed by atoms with Crippen molar-refractivity contribution in [2.24, 2.45) is 5.92 Å². The molecule has 18 heavy (non-hydrogen) atoms. The Hall–Kier alpha value is -0.620. The Morgan fingerprint density at radius 1 is 1.33 bits per heavy atom. The highest BCUT2D eigenvalue weighted by molar-refractivity contribution is 7.89. The maximum Gasteiger partial charge on any atom is 0.308 e. The van der Waals surface area contributed by atoms with Gasteiger partial charge in [0.25, 0.3) is 0 Å². The van der Waals surface area contributed by atoms with Crippen LogP contribution in [-0.4, -0.2) is 41.6 Å². The largest absolute Gasteiger partial charge is 0.481 e. The zero-order chi connectivity index (χ0) is 13.3. The average Bonchev–Trinajstić information content (AvgIpc) is 2.86. The molecule has 5 nitrogen and oxygen atoms in total. The van der Waals surface area contributed by atoms with Crippen molar-refractivity contribution in [3.63, 3.8) is 0 Å². The van der Waals surface area contributed by atoms with Gasteiger partial charge in [0.2, 0.25) is 10.0 Å². The van der Waals surface area contributed by atoms with Gasteiger partial charge in [-0.1, -0.05) is 19.8 Å². The van der Waals surface area contributed by atoms with Crippen molar-refractivity contribution in [1.82, 2.24) is 4.31 Å². The second kappa shape index (κ2) is 5.17. The molecule has 2 heterocycles. The Kier molecular flexibility index (Phi) is 3.96. The summed E-state index contributed by atoms with van der Waals surface area (Å²) >= 11 is 0. The highest BCUT2D eigenvalue weighted by atomic mass is 32.2. The van der Waals surface area contributed by atoms with E-state index in [1.807, 2.05) is 6.92 Å². The van der Waals surface area contributed by atoms with Gasteiger partial charge >= 0.3 is 5.97 Å². The number of sulfonamides is 1. The van der Waals surface area contributed by atoms with E-state index >= 15 is 0 Å². The van der Waals surface area contributed by atoms with Crippen LogP contribution in [0.2, 0.25) is 0 Å². The van der Waals surface area contributed by atoms with E-state index < -0.39 is 21.9 Å². The number of carboxylic acid groups (broad SMARTS) is 1. The fourth-order valence-corrected chi connectivity index (χ4v) is 5.37. The van der Waals surface area contributed by atoms with Gasteiger partial charge in [0.05, 0.1) is 11.7 Å². The van der Waals surface area contributed by atoms with E-state index in [0.29, 0.717) is 19.3 Å². The molecule has 2 fully saturated rings. The maximum atomic E-state index is 12.3. The summed E-state index contributed by atoms with van der Waals surface area (Å²) < 4.78 is 26.1. The average molecular weight is 275 g/mol. The Morgan fingerprint density at radius 2 is 2.06 bits per heavy atom. The molecule has 3 unspecified atom stereocenters. The van der Waals surface area contributed by atoms with Gasteiger partial charge in [-0.25, -0.2) is 8.42 Å². The van der Waals surface area contributed by atoms with E-state index in [-0.39, 0.29) is 17.8 Å². The second-order valence-corrected chi connectivity index (χ2v) is 7.33. The van der Waals surface area contributed by atoms with Crippen LogP contribution in [0.25, 0.3) is 0 Å². The summed E-state index contributed by atoms with van der Waals surface area (Å²) in [6.07, 6.45) is 4.58. The molecule has 0 aromatic heterocycles. The minimum Gasteiger partial charge on any atom is -0.481 e. The van der Waals surface area contributed by atoms with Crippen molar-refractivity contribution in [2.75, 3.05) is 5.75 Å². The summed E-state index contributed by atoms with van der Waals surface area (Å²) in [4.78, 5) is 11.1. The molecule has 0 spiro atoms. The van der Waals surface area contributed by atoms with Crippen LogP contribution in [0.15, 0.2) is 0 Å². The van der Waals surface area contributed by atoms with E-state index in [4.69, 9.17) is 5.11 Å². The number of hydrogen-bond donors (Lipinski definition) is 1. The Morgan fingerprint density at radius 3 is 2.61 bits per heavy atom. The molecule has 2 aliphatic rings. The first-order chi connectivity index (χ1) is 8.47. The Balaban J connectivity index is 2.07. The normalized spacial score (nSPS) is 31.9. The first-order valence-corrected chi connectivity index (χ1v) is 8.32. The van der Waals surface area contributed by atoms with Crippen LogP contribution in [-0.2, 0) is 14.8 Å². The van der Waals surface area contributed by atoms with E-state index in [9.17, 15) is 13.2 Å². The third-order valence-electron chi connectivity index (χ3n) is 4.12. The molecule has 2 rings (SSSR count). The number of fused-ring (bicyclic) bond motifs is 2. The van der Waals surface area contributed by atoms with Crippen LogP contribution in [0.3, 0.4) is 0 Å². The molecule has 0 aromatic rings. The van der Waals surface area contributed by atoms with E-state index in [1.165, 1.54) is 4.31 Å². The monoisotopic (exact) mass is 275 g/mol. The molecular formula is C12H21NO4S. The Labute approximate surface area is 108 Å². The van der Waals surface area contributed by atoms with Crippen LogP contribution in [0.5, 0.6) is 0 Å². The van der Waals surface area contributed by atoms with Gasteiger partial charge in [0.1, 0.15) is 0 Å². The molecule has 0 saturated carbocycles.